The molecule has 0 aliphatic heterocycles. The molecule has 1 nitrogen and oxygen atoms in total. The monoisotopic (exact) mass is 354 g/mol. The lowest BCUT2D eigenvalue weighted by atomic mass is 9.79. The molecular formula is C16H19F5OS. The predicted octanol–water partition coefficient (Wildman–Crippen LogP) is 5.99. The van der Waals surface area contributed by atoms with Crippen LogP contribution < -0.4 is 0 Å². The van der Waals surface area contributed by atoms with Crippen molar-refractivity contribution in [3.63, 3.8) is 0 Å². The first kappa shape index (κ1) is 18.5. The number of hydrogen-bond donors (Lipinski definition) is 0. The molecule has 130 valence electrons. The van der Waals surface area contributed by atoms with E-state index >= 15 is 0 Å². The maximum atomic E-state index is 14.4. The van der Waals surface area contributed by atoms with Crippen LogP contribution in [0, 0.1) is 5.92 Å². The van der Waals surface area contributed by atoms with Gasteiger partial charge in [-0.1, -0.05) is 12.1 Å². The number of rotatable bonds is 6. The Balaban J connectivity index is 2.13. The molecule has 0 radical (unpaired) electrons. The van der Waals surface area contributed by atoms with Crippen LogP contribution in [-0.4, -0.2) is 18.6 Å². The summed E-state index contributed by atoms with van der Waals surface area (Å²) in [4.78, 5) is 0.102. The van der Waals surface area contributed by atoms with Gasteiger partial charge >= 0.3 is 11.8 Å². The van der Waals surface area contributed by atoms with Gasteiger partial charge in [-0.05, 0) is 44.7 Å². The molecule has 0 N–H and O–H groups in total. The van der Waals surface area contributed by atoms with Crippen molar-refractivity contribution in [3.05, 3.63) is 29.8 Å². The quantitative estimate of drug-likeness (QED) is 0.581. The molecule has 1 aromatic rings. The van der Waals surface area contributed by atoms with Crippen molar-refractivity contribution in [3.8, 4) is 0 Å². The molecule has 0 heterocycles. The summed E-state index contributed by atoms with van der Waals surface area (Å²) >= 11 is -0.118. The smallest absolute Gasteiger partial charge is 0.335 e. The number of benzene rings is 1. The summed E-state index contributed by atoms with van der Waals surface area (Å²) in [6, 6.07) is 3.88. The largest absolute Gasteiger partial charge is 0.379 e. The molecule has 0 bridgehead atoms. The van der Waals surface area contributed by atoms with E-state index in [4.69, 9.17) is 4.74 Å². The summed E-state index contributed by atoms with van der Waals surface area (Å²) in [6.45, 7) is 2.30. The van der Waals surface area contributed by atoms with Gasteiger partial charge in [-0.15, -0.1) is 0 Å². The van der Waals surface area contributed by atoms with Crippen molar-refractivity contribution in [1.82, 2.24) is 0 Å². The Morgan fingerprint density at radius 2 is 1.61 bits per heavy atom. The lowest BCUT2D eigenvalue weighted by molar-refractivity contribution is -0.250. The second-order valence-corrected chi connectivity index (χ2v) is 6.35. The van der Waals surface area contributed by atoms with Crippen molar-refractivity contribution in [2.75, 3.05) is 6.61 Å². The summed E-state index contributed by atoms with van der Waals surface area (Å²) in [7, 11) is 0. The Morgan fingerprint density at radius 1 is 1.04 bits per heavy atom. The van der Waals surface area contributed by atoms with E-state index in [0.717, 1.165) is 24.3 Å². The summed E-state index contributed by atoms with van der Waals surface area (Å²) in [5.74, 6) is -9.81. The minimum atomic E-state index is -4.28. The number of halogens is 5. The first-order valence-electron chi connectivity index (χ1n) is 7.59. The first-order chi connectivity index (χ1) is 10.8. The predicted molar refractivity (Wildman–Crippen MR) is 79.6 cm³/mol. The molecule has 23 heavy (non-hydrogen) atoms. The van der Waals surface area contributed by atoms with Crippen molar-refractivity contribution in [2.24, 2.45) is 5.92 Å². The van der Waals surface area contributed by atoms with E-state index in [2.05, 4.69) is 0 Å². The summed E-state index contributed by atoms with van der Waals surface area (Å²) < 4.78 is 75.1. The maximum Gasteiger partial charge on any atom is 0.335 e. The van der Waals surface area contributed by atoms with Crippen molar-refractivity contribution in [2.45, 2.75) is 55.5 Å². The topological polar surface area (TPSA) is 9.23 Å². The lowest BCUT2D eigenvalue weighted by Crippen LogP contribution is -2.46. The van der Waals surface area contributed by atoms with E-state index in [1.165, 1.54) is 0 Å². The minimum absolute atomic E-state index is 0.00563. The molecule has 1 saturated carbocycles. The van der Waals surface area contributed by atoms with Crippen LogP contribution in [-0.2, 0) is 10.7 Å². The molecule has 7 heteroatoms. The van der Waals surface area contributed by atoms with Gasteiger partial charge in [0.25, 0.3) is 0 Å². The lowest BCUT2D eigenvalue weighted by Gasteiger charge is -2.37. The molecule has 0 atom stereocenters. The average Bonchev–Trinajstić information content (AvgIpc) is 2.55. The number of hydrogen-bond acceptors (Lipinski definition) is 2. The van der Waals surface area contributed by atoms with Crippen LogP contribution in [0.15, 0.2) is 29.2 Å². The zero-order valence-electron chi connectivity index (χ0n) is 12.7. The highest BCUT2D eigenvalue weighted by atomic mass is 32.2. The van der Waals surface area contributed by atoms with E-state index in [1.54, 1.807) is 0 Å². The van der Waals surface area contributed by atoms with Gasteiger partial charge in [-0.2, -0.15) is 21.4 Å². The minimum Gasteiger partial charge on any atom is -0.379 e. The highest BCUT2D eigenvalue weighted by Crippen LogP contribution is 2.51. The third-order valence-electron chi connectivity index (χ3n) is 4.31. The van der Waals surface area contributed by atoms with Gasteiger partial charge in [0.05, 0.1) is 18.3 Å². The summed E-state index contributed by atoms with van der Waals surface area (Å²) in [6.07, 6.45) is 0.613. The highest BCUT2D eigenvalue weighted by molar-refractivity contribution is 7.94. The molecule has 0 spiro atoms. The second kappa shape index (κ2) is 7.38. The molecule has 0 aromatic heterocycles. The second-order valence-electron chi connectivity index (χ2n) is 5.73. The van der Waals surface area contributed by atoms with E-state index in [-0.39, 0.29) is 36.0 Å². The van der Waals surface area contributed by atoms with Crippen LogP contribution in [0.2, 0.25) is 0 Å². The van der Waals surface area contributed by atoms with E-state index in [1.807, 2.05) is 6.92 Å². The fraction of sp³-hybridized carbons (Fsp3) is 0.625. The zero-order valence-corrected chi connectivity index (χ0v) is 13.5. The van der Waals surface area contributed by atoms with Gasteiger partial charge in [0, 0.05) is 23.0 Å². The third kappa shape index (κ3) is 3.82. The first-order valence-corrected chi connectivity index (χ1v) is 8.31. The molecule has 1 aliphatic carbocycles. The summed E-state index contributed by atoms with van der Waals surface area (Å²) in [5.41, 5.74) is -0.785. The average molecular weight is 354 g/mol. The molecule has 2 rings (SSSR count). The fourth-order valence-electron chi connectivity index (χ4n) is 2.99. The van der Waals surface area contributed by atoms with Gasteiger partial charge < -0.3 is 4.74 Å². The van der Waals surface area contributed by atoms with E-state index < -0.39 is 23.3 Å². The molecule has 1 fully saturated rings. The van der Waals surface area contributed by atoms with Gasteiger partial charge in [0.2, 0.25) is 0 Å². The highest BCUT2D eigenvalue weighted by Gasteiger charge is 2.61. The van der Waals surface area contributed by atoms with Crippen molar-refractivity contribution >= 4 is 12.1 Å². The molecular weight excluding hydrogens is 335 g/mol. The van der Waals surface area contributed by atoms with Crippen LogP contribution in [0.1, 0.15) is 38.2 Å². The van der Waals surface area contributed by atoms with Crippen molar-refractivity contribution < 1.29 is 26.2 Å². The van der Waals surface area contributed by atoms with Crippen molar-refractivity contribution in [1.29, 1.82) is 0 Å². The molecule has 1 aromatic carbocycles. The van der Waals surface area contributed by atoms with E-state index in [9.17, 15) is 21.4 Å². The Kier molecular flexibility index (Phi) is 5.94. The molecule has 0 unspecified atom stereocenters. The van der Waals surface area contributed by atoms with Gasteiger partial charge in [-0.25, -0.2) is 0 Å². The standard InChI is InChI=1S/C16H19F5OS/c1-2-22-13-7-3-11(4-8-13)15(17,18)16(19,20)12-5-9-14(23-21)10-6-12/h5-6,9-11,13H,2-4,7-8H2,1H3/t11-,13-. The number of alkyl halides is 4. The molecule has 0 saturated heterocycles. The fourth-order valence-corrected chi connectivity index (χ4v) is 3.23. The Hall–Kier alpha value is -0.820. The van der Waals surface area contributed by atoms with Crippen LogP contribution in [0.25, 0.3) is 0 Å². The Labute approximate surface area is 136 Å². The molecule has 0 amide bonds. The Morgan fingerprint density at radius 3 is 2.09 bits per heavy atom. The zero-order chi connectivity index (χ0) is 17.1. The van der Waals surface area contributed by atoms with Crippen LogP contribution in [0.3, 0.4) is 0 Å². The van der Waals surface area contributed by atoms with Gasteiger partial charge in [0.15, 0.2) is 0 Å². The van der Waals surface area contributed by atoms with Crippen LogP contribution in [0.5, 0.6) is 0 Å². The normalized spacial score (nSPS) is 23.0. The number of ether oxygens (including phenoxy) is 1. The summed E-state index contributed by atoms with van der Waals surface area (Å²) in [5, 5.41) is 0. The van der Waals surface area contributed by atoms with E-state index in [0.29, 0.717) is 19.4 Å². The third-order valence-corrected chi connectivity index (χ3v) is 4.76. The van der Waals surface area contributed by atoms with Crippen LogP contribution >= 0.6 is 12.1 Å². The Bertz CT molecular complexity index is 498. The maximum absolute atomic E-state index is 14.4. The molecule has 1 aliphatic rings. The SMILES string of the molecule is CCO[C@H]1CC[C@H](C(F)(F)C(F)(F)c2ccc(SF)cc2)CC1. The van der Waals surface area contributed by atoms with Gasteiger partial charge in [0.1, 0.15) is 0 Å². The van der Waals surface area contributed by atoms with Gasteiger partial charge in [-0.3, -0.25) is 0 Å². The van der Waals surface area contributed by atoms with Crippen LogP contribution in [0.4, 0.5) is 21.4 Å².